The van der Waals surface area contributed by atoms with E-state index in [1.807, 2.05) is 0 Å². The molecule has 1 unspecified atom stereocenters. The van der Waals surface area contributed by atoms with Gasteiger partial charge < -0.3 is 15.0 Å². The minimum atomic E-state index is 0.749. The lowest BCUT2D eigenvalue weighted by Crippen LogP contribution is -2.36. The molecule has 0 radical (unpaired) electrons. The van der Waals surface area contributed by atoms with Gasteiger partial charge in [-0.15, -0.1) is 0 Å². The standard InChI is InChI=1S/C15H32N2O/c1-4-14(5-2)12-17(6-3)9-8-16-11-15-7-10-18-13-15/h14-16H,4-13H2,1-3H3. The smallest absolute Gasteiger partial charge is 0.0507 e. The number of likely N-dealkylation sites (N-methyl/N-ethyl adjacent to an activating group) is 1. The monoisotopic (exact) mass is 256 g/mol. The topological polar surface area (TPSA) is 24.5 Å². The lowest BCUT2D eigenvalue weighted by molar-refractivity contribution is 0.184. The Morgan fingerprint density at radius 1 is 1.28 bits per heavy atom. The highest BCUT2D eigenvalue weighted by Crippen LogP contribution is 2.11. The van der Waals surface area contributed by atoms with E-state index in [4.69, 9.17) is 4.74 Å². The summed E-state index contributed by atoms with van der Waals surface area (Å²) in [7, 11) is 0. The van der Waals surface area contributed by atoms with Gasteiger partial charge in [0.15, 0.2) is 0 Å². The molecule has 1 N–H and O–H groups in total. The van der Waals surface area contributed by atoms with Crippen LogP contribution in [0.15, 0.2) is 0 Å². The van der Waals surface area contributed by atoms with E-state index in [0.717, 1.165) is 38.1 Å². The largest absolute Gasteiger partial charge is 0.381 e. The maximum Gasteiger partial charge on any atom is 0.0507 e. The molecule has 1 rings (SSSR count). The summed E-state index contributed by atoms with van der Waals surface area (Å²) in [5.41, 5.74) is 0. The third-order valence-electron chi connectivity index (χ3n) is 4.18. The molecule has 0 bridgehead atoms. The van der Waals surface area contributed by atoms with Crippen molar-refractivity contribution in [3.8, 4) is 0 Å². The normalized spacial score (nSPS) is 20.2. The Labute approximate surface area is 113 Å². The molecular formula is C15H32N2O. The minimum absolute atomic E-state index is 0.749. The van der Waals surface area contributed by atoms with Gasteiger partial charge in [0.1, 0.15) is 0 Å². The molecular weight excluding hydrogens is 224 g/mol. The zero-order valence-electron chi connectivity index (χ0n) is 12.6. The lowest BCUT2D eigenvalue weighted by Gasteiger charge is -2.25. The van der Waals surface area contributed by atoms with Gasteiger partial charge in [-0.3, -0.25) is 0 Å². The first-order valence-corrected chi connectivity index (χ1v) is 7.80. The van der Waals surface area contributed by atoms with Gasteiger partial charge in [0.25, 0.3) is 0 Å². The molecule has 0 aliphatic carbocycles. The molecule has 1 heterocycles. The number of nitrogens with one attached hydrogen (secondary N) is 1. The maximum absolute atomic E-state index is 5.39. The molecule has 3 nitrogen and oxygen atoms in total. The first-order chi connectivity index (χ1) is 8.80. The summed E-state index contributed by atoms with van der Waals surface area (Å²) in [6.07, 6.45) is 3.85. The number of nitrogens with zero attached hydrogens (tertiary/aromatic N) is 1. The quantitative estimate of drug-likeness (QED) is 0.607. The van der Waals surface area contributed by atoms with Gasteiger partial charge in [0.2, 0.25) is 0 Å². The molecule has 18 heavy (non-hydrogen) atoms. The second-order valence-corrected chi connectivity index (χ2v) is 5.51. The van der Waals surface area contributed by atoms with Gasteiger partial charge >= 0.3 is 0 Å². The Morgan fingerprint density at radius 2 is 2.06 bits per heavy atom. The van der Waals surface area contributed by atoms with Crippen molar-refractivity contribution in [1.29, 1.82) is 0 Å². The lowest BCUT2D eigenvalue weighted by atomic mass is 10.0. The van der Waals surface area contributed by atoms with Crippen LogP contribution in [0.3, 0.4) is 0 Å². The van der Waals surface area contributed by atoms with Crippen molar-refractivity contribution in [2.45, 2.75) is 40.0 Å². The molecule has 1 atom stereocenters. The first-order valence-electron chi connectivity index (χ1n) is 7.80. The molecule has 0 spiro atoms. The number of hydrogen-bond donors (Lipinski definition) is 1. The predicted molar refractivity (Wildman–Crippen MR) is 78.0 cm³/mol. The van der Waals surface area contributed by atoms with Crippen molar-refractivity contribution in [3.05, 3.63) is 0 Å². The fraction of sp³-hybridized carbons (Fsp3) is 1.00. The van der Waals surface area contributed by atoms with Crippen molar-refractivity contribution in [2.24, 2.45) is 11.8 Å². The molecule has 0 aromatic carbocycles. The number of rotatable bonds is 10. The summed E-state index contributed by atoms with van der Waals surface area (Å²) in [6, 6.07) is 0. The summed E-state index contributed by atoms with van der Waals surface area (Å²) >= 11 is 0. The van der Waals surface area contributed by atoms with Crippen LogP contribution in [0.5, 0.6) is 0 Å². The Bertz CT molecular complexity index is 189. The maximum atomic E-state index is 5.39. The van der Waals surface area contributed by atoms with Crippen molar-refractivity contribution in [3.63, 3.8) is 0 Å². The highest BCUT2D eigenvalue weighted by Gasteiger charge is 2.15. The SMILES string of the molecule is CCC(CC)CN(CC)CCNCC1CCOC1. The van der Waals surface area contributed by atoms with Crippen molar-refractivity contribution in [1.82, 2.24) is 10.2 Å². The highest BCUT2D eigenvalue weighted by atomic mass is 16.5. The number of ether oxygens (including phenoxy) is 1. The molecule has 0 aromatic heterocycles. The third-order valence-corrected chi connectivity index (χ3v) is 4.18. The van der Waals surface area contributed by atoms with Crippen LogP contribution in [-0.4, -0.2) is 50.8 Å². The van der Waals surface area contributed by atoms with Crippen molar-refractivity contribution < 1.29 is 4.74 Å². The molecule has 1 aliphatic rings. The molecule has 1 fully saturated rings. The van der Waals surface area contributed by atoms with Gasteiger partial charge in [-0.05, 0) is 24.8 Å². The molecule has 1 saturated heterocycles. The first kappa shape index (κ1) is 15.9. The van der Waals surface area contributed by atoms with Crippen LogP contribution in [0.2, 0.25) is 0 Å². The minimum Gasteiger partial charge on any atom is -0.381 e. The Balaban J connectivity index is 2.06. The van der Waals surface area contributed by atoms with Gasteiger partial charge in [0, 0.05) is 32.8 Å². The fourth-order valence-corrected chi connectivity index (χ4v) is 2.58. The van der Waals surface area contributed by atoms with Crippen LogP contribution < -0.4 is 5.32 Å². The van der Waals surface area contributed by atoms with Gasteiger partial charge in [-0.25, -0.2) is 0 Å². The van der Waals surface area contributed by atoms with Gasteiger partial charge in [-0.1, -0.05) is 33.6 Å². The highest BCUT2D eigenvalue weighted by molar-refractivity contribution is 4.68. The molecule has 108 valence electrons. The predicted octanol–water partition coefficient (Wildman–Crippen LogP) is 2.37. The van der Waals surface area contributed by atoms with E-state index in [1.165, 1.54) is 38.9 Å². The van der Waals surface area contributed by atoms with Gasteiger partial charge in [-0.2, -0.15) is 0 Å². The van der Waals surface area contributed by atoms with E-state index in [0.29, 0.717) is 0 Å². The summed E-state index contributed by atoms with van der Waals surface area (Å²) in [4.78, 5) is 2.58. The van der Waals surface area contributed by atoms with Crippen LogP contribution in [0.1, 0.15) is 40.0 Å². The van der Waals surface area contributed by atoms with E-state index < -0.39 is 0 Å². The summed E-state index contributed by atoms with van der Waals surface area (Å²) < 4.78 is 5.39. The molecule has 1 aliphatic heterocycles. The van der Waals surface area contributed by atoms with Crippen LogP contribution in [-0.2, 0) is 4.74 Å². The molecule has 0 saturated carbocycles. The van der Waals surface area contributed by atoms with E-state index in [9.17, 15) is 0 Å². The fourth-order valence-electron chi connectivity index (χ4n) is 2.58. The van der Waals surface area contributed by atoms with Crippen molar-refractivity contribution in [2.75, 3.05) is 45.9 Å². The third kappa shape index (κ3) is 6.17. The number of hydrogen-bond acceptors (Lipinski definition) is 3. The summed E-state index contributed by atoms with van der Waals surface area (Å²) in [5, 5.41) is 3.58. The van der Waals surface area contributed by atoms with Crippen LogP contribution in [0, 0.1) is 11.8 Å². The van der Waals surface area contributed by atoms with Crippen LogP contribution >= 0.6 is 0 Å². The summed E-state index contributed by atoms with van der Waals surface area (Å²) in [6.45, 7) is 14.7. The Hall–Kier alpha value is -0.120. The van der Waals surface area contributed by atoms with E-state index in [-0.39, 0.29) is 0 Å². The van der Waals surface area contributed by atoms with Gasteiger partial charge in [0.05, 0.1) is 6.61 Å². The van der Waals surface area contributed by atoms with E-state index in [2.05, 4.69) is 31.0 Å². The molecule has 0 aromatic rings. The summed E-state index contributed by atoms with van der Waals surface area (Å²) in [5.74, 6) is 1.62. The second kappa shape index (κ2) is 9.76. The average Bonchev–Trinajstić information content (AvgIpc) is 2.91. The van der Waals surface area contributed by atoms with Crippen LogP contribution in [0.4, 0.5) is 0 Å². The zero-order valence-corrected chi connectivity index (χ0v) is 12.6. The van der Waals surface area contributed by atoms with E-state index in [1.54, 1.807) is 0 Å². The van der Waals surface area contributed by atoms with Crippen LogP contribution in [0.25, 0.3) is 0 Å². The van der Waals surface area contributed by atoms with Crippen molar-refractivity contribution >= 4 is 0 Å². The Kier molecular flexibility index (Phi) is 8.64. The average molecular weight is 256 g/mol. The zero-order chi connectivity index (χ0) is 13.2. The van der Waals surface area contributed by atoms with E-state index >= 15 is 0 Å². The molecule has 3 heteroatoms. The molecule has 0 amide bonds. The second-order valence-electron chi connectivity index (χ2n) is 5.51. The Morgan fingerprint density at radius 3 is 2.61 bits per heavy atom.